The summed E-state index contributed by atoms with van der Waals surface area (Å²) in [6.07, 6.45) is 0.682. The van der Waals surface area contributed by atoms with Crippen molar-refractivity contribution in [1.82, 2.24) is 10.7 Å². The Morgan fingerprint density at radius 3 is 2.03 bits per heavy atom. The number of nitrogens with one attached hydrogen (secondary N) is 3. The average molecular weight is 430 g/mol. The maximum absolute atomic E-state index is 12.1. The first kappa shape index (κ1) is 19.4. The van der Waals surface area contributed by atoms with Gasteiger partial charge < -0.3 is 10.9 Å². The van der Waals surface area contributed by atoms with Crippen LogP contribution in [0.4, 0.5) is 11.4 Å². The van der Waals surface area contributed by atoms with Crippen LogP contribution in [-0.4, -0.2) is 11.8 Å². The van der Waals surface area contributed by atoms with Crippen LogP contribution in [0.2, 0.25) is 10.0 Å². The van der Waals surface area contributed by atoms with Crippen LogP contribution in [0, 0.1) is 11.8 Å². The van der Waals surface area contributed by atoms with Crippen LogP contribution in [0.3, 0.4) is 0 Å². The molecule has 2 amide bonds. The van der Waals surface area contributed by atoms with Gasteiger partial charge in [-0.3, -0.25) is 14.9 Å². The Morgan fingerprint density at radius 1 is 0.793 bits per heavy atom. The summed E-state index contributed by atoms with van der Waals surface area (Å²) in [6, 6.07) is 14.1. The van der Waals surface area contributed by atoms with Gasteiger partial charge in [-0.2, -0.15) is 10.2 Å². The number of carbonyl (C=O) groups is 2. The summed E-state index contributed by atoms with van der Waals surface area (Å²) >= 11 is 11.8. The van der Waals surface area contributed by atoms with Gasteiger partial charge in [-0.05, 0) is 48.5 Å². The summed E-state index contributed by atoms with van der Waals surface area (Å²) < 4.78 is 0. The second kappa shape index (κ2) is 8.23. The molecule has 0 bridgehead atoms. The molecule has 2 aliphatic rings. The molecule has 2 aromatic carbocycles. The smallest absolute Gasteiger partial charge is 0.230 e. The Morgan fingerprint density at radius 2 is 1.38 bits per heavy atom. The number of amides is 2. The van der Waals surface area contributed by atoms with Crippen molar-refractivity contribution in [3.8, 4) is 0 Å². The van der Waals surface area contributed by atoms with E-state index in [4.69, 9.17) is 23.2 Å². The quantitative estimate of drug-likeness (QED) is 0.368. The van der Waals surface area contributed by atoms with Crippen molar-refractivity contribution < 1.29 is 9.59 Å². The van der Waals surface area contributed by atoms with E-state index in [0.29, 0.717) is 40.0 Å². The molecular formula is C20H17Cl2N5O2. The van der Waals surface area contributed by atoms with Crippen LogP contribution in [0.15, 0.2) is 70.2 Å². The molecule has 1 fully saturated rings. The van der Waals surface area contributed by atoms with Crippen LogP contribution in [-0.2, 0) is 9.59 Å². The highest BCUT2D eigenvalue weighted by atomic mass is 35.5. The number of hydrazine groups is 1. The Bertz CT molecular complexity index is 1000. The number of fused-ring (bicyclic) bond motifs is 1. The SMILES string of the molecule is O=C1NC(=O)C2CC(NNc3ccc(Cl)cc3)=C(N=Nc3ccc(Cl)cc3)CC12. The van der Waals surface area contributed by atoms with Crippen molar-refractivity contribution in [2.45, 2.75) is 12.8 Å². The average Bonchev–Trinajstić information content (AvgIpc) is 2.99. The molecule has 29 heavy (non-hydrogen) atoms. The number of halogens is 2. The minimum absolute atomic E-state index is 0.250. The summed E-state index contributed by atoms with van der Waals surface area (Å²) in [5, 5.41) is 12.3. The Labute approximate surface area is 177 Å². The molecule has 1 aliphatic carbocycles. The third-order valence-electron chi connectivity index (χ3n) is 4.91. The molecule has 0 aromatic heterocycles. The van der Waals surface area contributed by atoms with E-state index < -0.39 is 11.8 Å². The van der Waals surface area contributed by atoms with Gasteiger partial charge in [0.25, 0.3) is 0 Å². The van der Waals surface area contributed by atoms with Gasteiger partial charge in [0.1, 0.15) is 0 Å². The van der Waals surface area contributed by atoms with Crippen molar-refractivity contribution in [3.05, 3.63) is 70.0 Å². The minimum Gasteiger partial charge on any atom is -0.303 e. The van der Waals surface area contributed by atoms with Gasteiger partial charge in [-0.1, -0.05) is 23.2 Å². The molecule has 1 saturated heterocycles. The van der Waals surface area contributed by atoms with E-state index in [1.54, 1.807) is 36.4 Å². The fourth-order valence-electron chi connectivity index (χ4n) is 3.34. The zero-order chi connectivity index (χ0) is 20.4. The van der Waals surface area contributed by atoms with Crippen LogP contribution in [0.5, 0.6) is 0 Å². The number of allylic oxidation sites excluding steroid dienone is 2. The number of imide groups is 1. The van der Waals surface area contributed by atoms with E-state index in [0.717, 1.165) is 5.69 Å². The number of anilines is 1. The van der Waals surface area contributed by atoms with E-state index in [1.807, 2.05) is 12.1 Å². The molecule has 1 aliphatic heterocycles. The third-order valence-corrected chi connectivity index (χ3v) is 5.41. The summed E-state index contributed by atoms with van der Waals surface area (Å²) in [5.41, 5.74) is 8.97. The highest BCUT2D eigenvalue weighted by molar-refractivity contribution is 6.30. The van der Waals surface area contributed by atoms with Gasteiger partial charge in [-0.25, -0.2) is 0 Å². The number of carbonyl (C=O) groups excluding carboxylic acids is 2. The van der Waals surface area contributed by atoms with E-state index in [2.05, 4.69) is 26.4 Å². The molecule has 1 heterocycles. The molecule has 2 unspecified atom stereocenters. The maximum atomic E-state index is 12.1. The lowest BCUT2D eigenvalue weighted by Crippen LogP contribution is -2.31. The number of nitrogens with zero attached hydrogens (tertiary/aromatic N) is 2. The molecule has 3 N–H and O–H groups in total. The van der Waals surface area contributed by atoms with Crippen LogP contribution in [0.25, 0.3) is 0 Å². The molecule has 0 spiro atoms. The molecule has 0 radical (unpaired) electrons. The molecule has 2 atom stereocenters. The monoisotopic (exact) mass is 429 g/mol. The van der Waals surface area contributed by atoms with Crippen molar-refractivity contribution in [3.63, 3.8) is 0 Å². The van der Waals surface area contributed by atoms with Gasteiger partial charge in [0, 0.05) is 22.9 Å². The van der Waals surface area contributed by atoms with Crippen molar-refractivity contribution >= 4 is 46.4 Å². The van der Waals surface area contributed by atoms with Crippen molar-refractivity contribution in [1.29, 1.82) is 0 Å². The van der Waals surface area contributed by atoms with E-state index >= 15 is 0 Å². The second-order valence-electron chi connectivity index (χ2n) is 6.83. The number of rotatable bonds is 5. The second-order valence-corrected chi connectivity index (χ2v) is 7.71. The summed E-state index contributed by atoms with van der Waals surface area (Å²) in [4.78, 5) is 24.2. The Kier molecular flexibility index (Phi) is 5.51. The predicted octanol–water partition coefficient (Wildman–Crippen LogP) is 4.59. The molecule has 2 aromatic rings. The lowest BCUT2D eigenvalue weighted by atomic mass is 9.82. The molecule has 7 nitrogen and oxygen atoms in total. The van der Waals surface area contributed by atoms with Gasteiger partial charge >= 0.3 is 0 Å². The van der Waals surface area contributed by atoms with Gasteiger partial charge in [0.2, 0.25) is 11.8 Å². The lowest BCUT2D eigenvalue weighted by molar-refractivity contribution is -0.126. The summed E-state index contributed by atoms with van der Waals surface area (Å²) in [5.74, 6) is -1.35. The van der Waals surface area contributed by atoms with Crippen LogP contribution >= 0.6 is 23.2 Å². The van der Waals surface area contributed by atoms with Crippen LogP contribution in [0.1, 0.15) is 12.8 Å². The zero-order valence-corrected chi connectivity index (χ0v) is 16.7. The fourth-order valence-corrected chi connectivity index (χ4v) is 3.59. The number of azo groups is 1. The molecule has 148 valence electrons. The lowest BCUT2D eigenvalue weighted by Gasteiger charge is -2.26. The van der Waals surface area contributed by atoms with E-state index in [9.17, 15) is 9.59 Å². The normalized spacial score (nSPS) is 21.3. The fraction of sp³-hybridized carbons (Fsp3) is 0.200. The van der Waals surface area contributed by atoms with Gasteiger partial charge in [0.05, 0.1) is 34.6 Å². The zero-order valence-electron chi connectivity index (χ0n) is 15.2. The predicted molar refractivity (Wildman–Crippen MR) is 111 cm³/mol. The summed E-state index contributed by atoms with van der Waals surface area (Å²) in [6.45, 7) is 0. The largest absolute Gasteiger partial charge is 0.303 e. The maximum Gasteiger partial charge on any atom is 0.230 e. The van der Waals surface area contributed by atoms with Crippen LogP contribution < -0.4 is 16.2 Å². The molecular weight excluding hydrogens is 413 g/mol. The first-order valence-electron chi connectivity index (χ1n) is 9.01. The topological polar surface area (TPSA) is 95.0 Å². The molecule has 9 heteroatoms. The van der Waals surface area contributed by atoms with Gasteiger partial charge in [0.15, 0.2) is 0 Å². The highest BCUT2D eigenvalue weighted by Gasteiger charge is 2.45. The van der Waals surface area contributed by atoms with E-state index in [-0.39, 0.29) is 11.8 Å². The number of benzene rings is 2. The van der Waals surface area contributed by atoms with E-state index in [1.165, 1.54) is 0 Å². The first-order valence-corrected chi connectivity index (χ1v) is 9.77. The third kappa shape index (κ3) is 4.41. The van der Waals surface area contributed by atoms with Gasteiger partial charge in [-0.15, -0.1) is 0 Å². The molecule has 0 saturated carbocycles. The number of hydrogen-bond acceptors (Lipinski definition) is 6. The Hall–Kier alpha value is -2.90. The Balaban J connectivity index is 1.58. The summed E-state index contributed by atoms with van der Waals surface area (Å²) in [7, 11) is 0. The minimum atomic E-state index is -0.428. The highest BCUT2D eigenvalue weighted by Crippen LogP contribution is 2.38. The first-order chi connectivity index (χ1) is 14.0. The van der Waals surface area contributed by atoms with Crippen molar-refractivity contribution in [2.24, 2.45) is 22.1 Å². The standard InChI is InChI=1S/C20H17Cl2N5O2/c21-11-1-5-13(6-2-11)24-26-17-9-15-16(20(29)23-19(15)28)10-18(17)27-25-14-7-3-12(22)4-8-14/h1-8,15-16,24,26H,9-10H2,(H,23,28,29). The van der Waals surface area contributed by atoms with Crippen molar-refractivity contribution in [2.75, 3.05) is 5.43 Å². The number of hydrogen-bond donors (Lipinski definition) is 3. The molecule has 4 rings (SSSR count).